The van der Waals surface area contributed by atoms with Crippen molar-refractivity contribution in [1.29, 1.82) is 5.26 Å². The van der Waals surface area contributed by atoms with E-state index in [0.717, 1.165) is 30.9 Å². The minimum absolute atomic E-state index is 0.239. The van der Waals surface area contributed by atoms with E-state index >= 15 is 0 Å². The number of esters is 1. The van der Waals surface area contributed by atoms with E-state index in [4.69, 9.17) is 10.5 Å². The Morgan fingerprint density at radius 1 is 1.35 bits per heavy atom. The quantitative estimate of drug-likeness (QED) is 0.782. The third-order valence-corrected chi connectivity index (χ3v) is 4.02. The predicted molar refractivity (Wildman–Crippen MR) is 82.2 cm³/mol. The van der Waals surface area contributed by atoms with Crippen molar-refractivity contribution >= 4 is 28.0 Å². The zero-order chi connectivity index (χ0) is 15.1. The van der Waals surface area contributed by atoms with Crippen molar-refractivity contribution in [2.45, 2.75) is 33.6 Å². The molecule has 0 saturated carbocycles. The van der Waals surface area contributed by atoms with Crippen molar-refractivity contribution in [3.63, 3.8) is 0 Å². The van der Waals surface area contributed by atoms with E-state index in [1.807, 2.05) is 0 Å². The molecule has 110 valence electrons. The van der Waals surface area contributed by atoms with Gasteiger partial charge in [0, 0.05) is 13.1 Å². The molecule has 0 bridgehead atoms. The molecule has 1 aromatic heterocycles. The van der Waals surface area contributed by atoms with Gasteiger partial charge in [-0.25, -0.2) is 4.79 Å². The molecule has 1 rings (SSSR count). The van der Waals surface area contributed by atoms with Crippen molar-refractivity contribution < 1.29 is 9.53 Å². The van der Waals surface area contributed by atoms with Crippen LogP contribution < -0.4 is 10.6 Å². The summed E-state index contributed by atoms with van der Waals surface area (Å²) in [5.74, 6) is -0.453. The van der Waals surface area contributed by atoms with Gasteiger partial charge in [0.2, 0.25) is 0 Å². The van der Waals surface area contributed by atoms with E-state index in [9.17, 15) is 10.1 Å². The highest BCUT2D eigenvalue weighted by Gasteiger charge is 2.24. The van der Waals surface area contributed by atoms with Crippen LogP contribution in [0.25, 0.3) is 0 Å². The highest BCUT2D eigenvalue weighted by molar-refractivity contribution is 7.18. The summed E-state index contributed by atoms with van der Waals surface area (Å²) < 4.78 is 4.98. The number of rotatable bonds is 7. The van der Waals surface area contributed by atoms with Crippen molar-refractivity contribution in [3.8, 4) is 6.07 Å². The second-order valence-corrected chi connectivity index (χ2v) is 5.34. The standard InChI is InChI=1S/C14H21N3O2S/c1-4-7-17(8-5-2)13-10(9-15)11(16)12(20-13)14(18)19-6-3/h4-8,16H2,1-3H3. The molecule has 0 saturated heterocycles. The van der Waals surface area contributed by atoms with Gasteiger partial charge in [-0.1, -0.05) is 13.8 Å². The number of anilines is 2. The molecule has 0 atom stereocenters. The lowest BCUT2D eigenvalue weighted by atomic mass is 10.2. The first-order chi connectivity index (χ1) is 9.60. The minimum Gasteiger partial charge on any atom is -0.462 e. The van der Waals surface area contributed by atoms with Crippen LogP contribution in [0, 0.1) is 11.3 Å². The second kappa shape index (κ2) is 7.75. The second-order valence-electron chi connectivity index (χ2n) is 4.34. The van der Waals surface area contributed by atoms with Gasteiger partial charge in [-0.05, 0) is 19.8 Å². The Kier molecular flexibility index (Phi) is 6.32. The molecule has 5 nitrogen and oxygen atoms in total. The molecular weight excluding hydrogens is 274 g/mol. The lowest BCUT2D eigenvalue weighted by Crippen LogP contribution is -2.24. The molecule has 0 spiro atoms. The Balaban J connectivity index is 3.22. The molecule has 1 aromatic rings. The first-order valence-corrected chi connectivity index (χ1v) is 7.66. The SMILES string of the molecule is CCCN(CCC)c1sc(C(=O)OCC)c(N)c1C#N. The van der Waals surface area contributed by atoms with Crippen LogP contribution in [-0.2, 0) is 4.74 Å². The maximum atomic E-state index is 11.9. The largest absolute Gasteiger partial charge is 0.462 e. The number of thiophene rings is 1. The van der Waals surface area contributed by atoms with Crippen LogP contribution >= 0.6 is 11.3 Å². The third-order valence-electron chi connectivity index (χ3n) is 2.77. The van der Waals surface area contributed by atoms with Gasteiger partial charge >= 0.3 is 5.97 Å². The molecule has 0 aliphatic carbocycles. The smallest absolute Gasteiger partial charge is 0.350 e. The topological polar surface area (TPSA) is 79.3 Å². The van der Waals surface area contributed by atoms with Crippen LogP contribution in [0.1, 0.15) is 48.8 Å². The van der Waals surface area contributed by atoms with Gasteiger partial charge in [-0.3, -0.25) is 0 Å². The molecule has 0 radical (unpaired) electrons. The van der Waals surface area contributed by atoms with Crippen molar-refractivity contribution in [2.24, 2.45) is 0 Å². The Hall–Kier alpha value is -1.74. The van der Waals surface area contributed by atoms with Crippen LogP contribution in [0.5, 0.6) is 0 Å². The summed E-state index contributed by atoms with van der Waals surface area (Å²) in [5.41, 5.74) is 6.56. The summed E-state index contributed by atoms with van der Waals surface area (Å²) >= 11 is 1.25. The van der Waals surface area contributed by atoms with Crippen LogP contribution in [0.15, 0.2) is 0 Å². The summed E-state index contributed by atoms with van der Waals surface area (Å²) in [5, 5.41) is 10.1. The highest BCUT2D eigenvalue weighted by atomic mass is 32.1. The van der Waals surface area contributed by atoms with Crippen LogP contribution in [0.3, 0.4) is 0 Å². The molecular formula is C14H21N3O2S. The maximum Gasteiger partial charge on any atom is 0.350 e. The lowest BCUT2D eigenvalue weighted by molar-refractivity contribution is 0.0533. The zero-order valence-electron chi connectivity index (χ0n) is 12.2. The van der Waals surface area contributed by atoms with E-state index in [-0.39, 0.29) is 5.69 Å². The summed E-state index contributed by atoms with van der Waals surface area (Å²) in [6, 6.07) is 2.11. The van der Waals surface area contributed by atoms with Gasteiger partial charge in [-0.15, -0.1) is 11.3 Å². The average Bonchev–Trinajstić information content (AvgIpc) is 2.75. The van der Waals surface area contributed by atoms with E-state index in [2.05, 4.69) is 24.8 Å². The van der Waals surface area contributed by atoms with E-state index in [1.54, 1.807) is 6.92 Å². The number of ether oxygens (including phenoxy) is 1. The number of carbonyl (C=O) groups is 1. The fourth-order valence-corrected chi connectivity index (χ4v) is 3.08. The number of nitrogens with two attached hydrogens (primary N) is 1. The van der Waals surface area contributed by atoms with Gasteiger partial charge in [-0.2, -0.15) is 5.26 Å². The van der Waals surface area contributed by atoms with Crippen LogP contribution in [-0.4, -0.2) is 25.7 Å². The fraction of sp³-hybridized carbons (Fsp3) is 0.571. The Bertz CT molecular complexity index is 499. The number of nitrogen functional groups attached to an aromatic ring is 1. The number of hydrogen-bond acceptors (Lipinski definition) is 6. The summed E-state index contributed by atoms with van der Waals surface area (Å²) in [6.07, 6.45) is 1.94. The van der Waals surface area contributed by atoms with Gasteiger partial charge in [0.25, 0.3) is 0 Å². The number of nitriles is 1. The predicted octanol–water partition coefficient (Wildman–Crippen LogP) is 3.01. The van der Waals surface area contributed by atoms with Crippen LogP contribution in [0.2, 0.25) is 0 Å². The first-order valence-electron chi connectivity index (χ1n) is 6.84. The summed E-state index contributed by atoms with van der Waals surface area (Å²) in [4.78, 5) is 14.3. The molecule has 0 amide bonds. The molecule has 0 aromatic carbocycles. The van der Waals surface area contributed by atoms with E-state index < -0.39 is 5.97 Å². The molecule has 6 heteroatoms. The molecule has 20 heavy (non-hydrogen) atoms. The van der Waals surface area contributed by atoms with Crippen LogP contribution in [0.4, 0.5) is 10.7 Å². The number of hydrogen-bond donors (Lipinski definition) is 1. The molecule has 0 aliphatic heterocycles. The number of nitrogens with zero attached hydrogens (tertiary/aromatic N) is 2. The monoisotopic (exact) mass is 295 g/mol. The summed E-state index contributed by atoms with van der Waals surface area (Å²) in [7, 11) is 0. The van der Waals surface area contributed by atoms with Crippen molar-refractivity contribution in [1.82, 2.24) is 0 Å². The van der Waals surface area contributed by atoms with Crippen molar-refractivity contribution in [2.75, 3.05) is 30.3 Å². The molecule has 0 unspecified atom stereocenters. The van der Waals surface area contributed by atoms with Gasteiger partial charge in [0.05, 0.1) is 12.3 Å². The average molecular weight is 295 g/mol. The van der Waals surface area contributed by atoms with Gasteiger partial charge in [0.15, 0.2) is 0 Å². The first kappa shape index (κ1) is 16.3. The van der Waals surface area contributed by atoms with E-state index in [0.29, 0.717) is 17.0 Å². The normalized spacial score (nSPS) is 10.1. The summed E-state index contributed by atoms with van der Waals surface area (Å²) in [6.45, 7) is 7.88. The Morgan fingerprint density at radius 2 is 1.95 bits per heavy atom. The van der Waals surface area contributed by atoms with Gasteiger partial charge in [0.1, 0.15) is 21.5 Å². The maximum absolute atomic E-state index is 11.9. The Morgan fingerprint density at radius 3 is 2.40 bits per heavy atom. The molecule has 2 N–H and O–H groups in total. The molecule has 0 aliphatic rings. The van der Waals surface area contributed by atoms with E-state index in [1.165, 1.54) is 11.3 Å². The molecule has 0 fully saturated rings. The minimum atomic E-state index is -0.453. The van der Waals surface area contributed by atoms with Gasteiger partial charge < -0.3 is 15.4 Å². The zero-order valence-corrected chi connectivity index (χ0v) is 13.0. The number of carbonyl (C=O) groups excluding carboxylic acids is 1. The lowest BCUT2D eigenvalue weighted by Gasteiger charge is -2.22. The fourth-order valence-electron chi connectivity index (χ4n) is 1.97. The molecule has 1 heterocycles. The van der Waals surface area contributed by atoms with Crippen molar-refractivity contribution in [3.05, 3.63) is 10.4 Å². The Labute approximate surface area is 123 Å². The highest BCUT2D eigenvalue weighted by Crippen LogP contribution is 2.38. The third kappa shape index (κ3) is 3.42.